The molecule has 20 heavy (non-hydrogen) atoms. The molecular formula is C15H21NO4. The van der Waals surface area contributed by atoms with Crippen LogP contribution in [0.1, 0.15) is 34.1 Å². The fraction of sp³-hybridized carbons (Fsp3) is 0.600. The number of carbonyl (C=O) groups excluding carboxylic acids is 1. The minimum Gasteiger partial charge on any atom is -0.481 e. The van der Waals surface area contributed by atoms with E-state index in [0.717, 1.165) is 11.1 Å². The maximum absolute atomic E-state index is 12.0. The number of hydrogen-bond acceptors (Lipinski definition) is 3. The van der Waals surface area contributed by atoms with Crippen molar-refractivity contribution in [3.05, 3.63) is 23.3 Å². The van der Waals surface area contributed by atoms with Gasteiger partial charge >= 0.3 is 12.1 Å². The number of amides is 1. The SMILES string of the molecule is CC(C)(C)OC(=O)N1CC2=C(C1)CC(C)(C(=O)O)C=C2. The van der Waals surface area contributed by atoms with Crippen LogP contribution in [0.5, 0.6) is 0 Å². The summed E-state index contributed by atoms with van der Waals surface area (Å²) in [6.07, 6.45) is 3.65. The van der Waals surface area contributed by atoms with E-state index in [1.54, 1.807) is 17.9 Å². The van der Waals surface area contributed by atoms with Crippen LogP contribution >= 0.6 is 0 Å². The van der Waals surface area contributed by atoms with Gasteiger partial charge in [-0.25, -0.2) is 4.79 Å². The van der Waals surface area contributed by atoms with Gasteiger partial charge in [-0.3, -0.25) is 9.69 Å². The van der Waals surface area contributed by atoms with Crippen LogP contribution in [0, 0.1) is 5.41 Å². The molecule has 0 spiro atoms. The first-order valence-corrected chi connectivity index (χ1v) is 6.72. The van der Waals surface area contributed by atoms with Crippen molar-refractivity contribution in [2.45, 2.75) is 39.7 Å². The topological polar surface area (TPSA) is 66.8 Å². The molecule has 0 aromatic rings. The molecule has 1 unspecified atom stereocenters. The largest absolute Gasteiger partial charge is 0.481 e. The summed E-state index contributed by atoms with van der Waals surface area (Å²) < 4.78 is 5.35. The Balaban J connectivity index is 2.05. The smallest absolute Gasteiger partial charge is 0.410 e. The van der Waals surface area contributed by atoms with Crippen LogP contribution in [-0.4, -0.2) is 40.8 Å². The molecule has 1 aliphatic carbocycles. The second-order valence-electron chi connectivity index (χ2n) is 6.70. The molecule has 2 aliphatic rings. The molecule has 1 heterocycles. The summed E-state index contributed by atoms with van der Waals surface area (Å²) in [5, 5.41) is 9.27. The lowest BCUT2D eigenvalue weighted by Gasteiger charge is -2.25. The highest BCUT2D eigenvalue weighted by molar-refractivity contribution is 5.78. The number of hydrogen-bond donors (Lipinski definition) is 1. The van der Waals surface area contributed by atoms with Gasteiger partial charge in [0.05, 0.1) is 5.41 Å². The Morgan fingerprint density at radius 3 is 2.55 bits per heavy atom. The molecule has 0 bridgehead atoms. The summed E-state index contributed by atoms with van der Waals surface area (Å²) in [6.45, 7) is 8.14. The fourth-order valence-electron chi connectivity index (χ4n) is 2.43. The van der Waals surface area contributed by atoms with Gasteiger partial charge in [0.1, 0.15) is 5.60 Å². The molecule has 5 nitrogen and oxygen atoms in total. The maximum atomic E-state index is 12.0. The number of carboxylic acid groups (broad SMARTS) is 1. The zero-order valence-electron chi connectivity index (χ0n) is 12.4. The van der Waals surface area contributed by atoms with Crippen molar-refractivity contribution in [1.82, 2.24) is 4.90 Å². The third kappa shape index (κ3) is 2.86. The van der Waals surface area contributed by atoms with E-state index in [2.05, 4.69) is 0 Å². The van der Waals surface area contributed by atoms with Gasteiger partial charge in [0, 0.05) is 13.1 Å². The van der Waals surface area contributed by atoms with Crippen LogP contribution < -0.4 is 0 Å². The molecule has 0 saturated carbocycles. The van der Waals surface area contributed by atoms with Crippen molar-refractivity contribution < 1.29 is 19.4 Å². The number of aliphatic carboxylic acids is 1. The number of carboxylic acids is 1. The molecule has 1 aliphatic heterocycles. The number of rotatable bonds is 1. The van der Waals surface area contributed by atoms with Crippen molar-refractivity contribution in [3.8, 4) is 0 Å². The summed E-state index contributed by atoms with van der Waals surface area (Å²) in [4.78, 5) is 24.9. The molecule has 0 aromatic carbocycles. The predicted octanol–water partition coefficient (Wildman–Crippen LogP) is 2.58. The number of carbonyl (C=O) groups is 2. The standard InChI is InChI=1S/C15H21NO4/c1-14(2,3)20-13(19)16-8-10-5-6-15(4,12(17)18)7-11(10)9-16/h5-6H,7-9H2,1-4H3,(H,17,18). The Hall–Kier alpha value is -1.78. The molecule has 5 heteroatoms. The summed E-state index contributed by atoms with van der Waals surface area (Å²) >= 11 is 0. The molecule has 1 N–H and O–H groups in total. The van der Waals surface area contributed by atoms with Gasteiger partial charge < -0.3 is 9.84 Å². The molecule has 1 atom stereocenters. The molecule has 0 saturated heterocycles. The minimum absolute atomic E-state index is 0.350. The highest BCUT2D eigenvalue weighted by Gasteiger charge is 2.38. The zero-order chi connectivity index (χ0) is 15.1. The van der Waals surface area contributed by atoms with Gasteiger partial charge in [0.25, 0.3) is 0 Å². The van der Waals surface area contributed by atoms with E-state index >= 15 is 0 Å². The minimum atomic E-state index is -0.872. The zero-order valence-corrected chi connectivity index (χ0v) is 12.4. The lowest BCUT2D eigenvalue weighted by Crippen LogP contribution is -2.36. The fourth-order valence-corrected chi connectivity index (χ4v) is 2.43. The van der Waals surface area contributed by atoms with Gasteiger partial charge in [0.15, 0.2) is 0 Å². The van der Waals surface area contributed by atoms with Crippen molar-refractivity contribution in [3.63, 3.8) is 0 Å². The lowest BCUT2D eigenvalue weighted by molar-refractivity contribution is -0.145. The van der Waals surface area contributed by atoms with E-state index in [-0.39, 0.29) is 6.09 Å². The number of ether oxygens (including phenoxy) is 1. The van der Waals surface area contributed by atoms with Crippen molar-refractivity contribution in [1.29, 1.82) is 0 Å². The molecular weight excluding hydrogens is 258 g/mol. The van der Waals surface area contributed by atoms with E-state index in [9.17, 15) is 14.7 Å². The first kappa shape index (κ1) is 14.6. The average molecular weight is 279 g/mol. The first-order chi connectivity index (χ1) is 9.11. The van der Waals surface area contributed by atoms with Crippen molar-refractivity contribution in [2.24, 2.45) is 5.41 Å². The lowest BCUT2D eigenvalue weighted by atomic mass is 9.78. The van der Waals surface area contributed by atoms with Crippen LogP contribution in [0.25, 0.3) is 0 Å². The van der Waals surface area contributed by atoms with Gasteiger partial charge in [-0.05, 0) is 45.3 Å². The summed E-state index contributed by atoms with van der Waals surface area (Å²) in [7, 11) is 0. The Labute approximate surface area is 118 Å². The van der Waals surface area contributed by atoms with Gasteiger partial charge in [-0.2, -0.15) is 0 Å². The molecule has 1 amide bonds. The molecule has 110 valence electrons. The van der Waals surface area contributed by atoms with Gasteiger partial charge in [-0.15, -0.1) is 0 Å². The third-order valence-electron chi connectivity index (χ3n) is 3.57. The monoisotopic (exact) mass is 279 g/mol. The molecule has 0 fully saturated rings. The Kier molecular flexibility index (Phi) is 3.40. The summed E-state index contributed by atoms with van der Waals surface area (Å²) in [6, 6.07) is 0. The quantitative estimate of drug-likeness (QED) is 0.801. The Bertz CT molecular complexity index is 512. The maximum Gasteiger partial charge on any atom is 0.410 e. The van der Waals surface area contributed by atoms with Crippen molar-refractivity contribution in [2.75, 3.05) is 13.1 Å². The van der Waals surface area contributed by atoms with E-state index in [0.29, 0.717) is 19.5 Å². The normalized spacial score (nSPS) is 25.7. The van der Waals surface area contributed by atoms with Crippen LogP contribution in [0.3, 0.4) is 0 Å². The summed E-state index contributed by atoms with van der Waals surface area (Å²) in [5.74, 6) is -0.837. The van der Waals surface area contributed by atoms with Gasteiger partial charge in [-0.1, -0.05) is 12.2 Å². The highest BCUT2D eigenvalue weighted by Crippen LogP contribution is 2.37. The molecule has 0 radical (unpaired) electrons. The first-order valence-electron chi connectivity index (χ1n) is 6.72. The Morgan fingerprint density at radius 1 is 1.35 bits per heavy atom. The van der Waals surface area contributed by atoms with E-state index in [4.69, 9.17) is 4.74 Å². The van der Waals surface area contributed by atoms with Crippen molar-refractivity contribution >= 4 is 12.1 Å². The second-order valence-corrected chi connectivity index (χ2v) is 6.70. The average Bonchev–Trinajstić information content (AvgIpc) is 2.69. The Morgan fingerprint density at radius 2 is 2.00 bits per heavy atom. The van der Waals surface area contributed by atoms with Crippen LogP contribution in [0.4, 0.5) is 4.79 Å². The van der Waals surface area contributed by atoms with Crippen LogP contribution in [0.15, 0.2) is 23.3 Å². The van der Waals surface area contributed by atoms with Crippen LogP contribution in [0.2, 0.25) is 0 Å². The molecule has 0 aromatic heterocycles. The molecule has 2 rings (SSSR count). The van der Waals surface area contributed by atoms with Crippen LogP contribution in [-0.2, 0) is 9.53 Å². The van der Waals surface area contributed by atoms with E-state index in [1.165, 1.54) is 0 Å². The van der Waals surface area contributed by atoms with E-state index < -0.39 is 17.0 Å². The van der Waals surface area contributed by atoms with Gasteiger partial charge in [0.2, 0.25) is 0 Å². The highest BCUT2D eigenvalue weighted by atomic mass is 16.6. The number of nitrogens with zero attached hydrogens (tertiary/aromatic N) is 1. The second kappa shape index (κ2) is 4.65. The predicted molar refractivity (Wildman–Crippen MR) is 74.3 cm³/mol. The summed E-state index contributed by atoms with van der Waals surface area (Å²) in [5.41, 5.74) is 0.659. The third-order valence-corrected chi connectivity index (χ3v) is 3.57. The van der Waals surface area contributed by atoms with E-state index in [1.807, 2.05) is 26.8 Å².